The Morgan fingerprint density at radius 2 is 1.49 bits per heavy atom. The zero-order valence-electron chi connectivity index (χ0n) is 41.7. The van der Waals surface area contributed by atoms with Gasteiger partial charge in [-0.25, -0.2) is 17.8 Å². The molecule has 2 fully saturated rings. The number of benzene rings is 5. The summed E-state index contributed by atoms with van der Waals surface area (Å²) in [5, 5.41) is 24.1. The minimum absolute atomic E-state index is 0.0222. The van der Waals surface area contributed by atoms with Crippen LogP contribution in [0.25, 0.3) is 22.4 Å². The largest absolute Gasteiger partial charge is 0.501 e. The molecule has 0 bridgehead atoms. The number of halogens is 4. The lowest BCUT2D eigenvalue weighted by atomic mass is 9.96. The number of nitrogens with zero attached hydrogens (tertiary/aromatic N) is 5. The molecule has 5 aromatic carbocycles. The Bertz CT molecular complexity index is 3200. The first-order valence-corrected chi connectivity index (χ1v) is 29.2. The number of anilines is 4. The van der Waals surface area contributed by atoms with Gasteiger partial charge in [0, 0.05) is 102 Å². The van der Waals surface area contributed by atoms with Gasteiger partial charge >= 0.3 is 19.0 Å². The number of nitrogens with one attached hydrogen (secondary N) is 1. The molecule has 6 aromatic rings. The number of piperidine rings is 1. The van der Waals surface area contributed by atoms with Crippen LogP contribution in [0.2, 0.25) is 5.02 Å². The standard InChI is InChI=1S/C55H59ClF3N6O7PS2/c1-37(2)65-38(3)51(54(67)68)52(53(65)39-12-14-41(56)15-13-39)40-8-7-9-45(34-40)63-30-28-62(29-31-63)43-16-18-44(19-17-43)64-32-33-72-73(64,69)47-20-21-49(50(35-47)75(70,71)55(57,58)59)60-42(36-74-48-10-5-4-6-11-48)22-25-61-26-23-46(66)24-27-61/h4-21,32-35,37,42,46,60,66H,22-31,36H2,1-3H3,(H,67,68). The van der Waals surface area contributed by atoms with E-state index in [1.54, 1.807) is 24.3 Å². The fraction of sp³-hybridized carbons (Fsp3) is 0.327. The minimum Gasteiger partial charge on any atom is -0.478 e. The van der Waals surface area contributed by atoms with Gasteiger partial charge in [0.25, 0.3) is 9.84 Å². The second kappa shape index (κ2) is 22.4. The predicted octanol–water partition coefficient (Wildman–Crippen LogP) is 11.9. The SMILES string of the molecule is Cc1c(C(=O)O)c(-c2cccc(N3CCN(c4ccc(N5C=COP5(=O)c5ccc(NC(CCN6CCC(O)CC6)CSc6ccccc6)c(S(=O)(=O)C(F)(F)F)c5)cc4)CC3)c2)c(-c2ccc(Cl)cc2)n1C(C)C. The quantitative estimate of drug-likeness (QED) is 0.0588. The van der Waals surface area contributed by atoms with Crippen LogP contribution in [0, 0.1) is 6.92 Å². The first-order valence-electron chi connectivity index (χ1n) is 24.8. The van der Waals surface area contributed by atoms with Crippen molar-refractivity contribution in [2.75, 3.05) is 71.4 Å². The molecule has 75 heavy (non-hydrogen) atoms. The number of aliphatic hydroxyl groups is 1. The zero-order chi connectivity index (χ0) is 53.2. The number of carbonyl (C=O) groups is 1. The van der Waals surface area contributed by atoms with E-state index in [4.69, 9.17) is 16.1 Å². The average molecular weight is 1100 g/mol. The number of rotatable bonds is 17. The topological polar surface area (TPSA) is 148 Å². The van der Waals surface area contributed by atoms with Gasteiger partial charge in [-0.05, 0) is 130 Å². The van der Waals surface area contributed by atoms with Gasteiger partial charge in [0.05, 0.1) is 34.0 Å². The van der Waals surface area contributed by atoms with Crippen molar-refractivity contribution in [3.05, 3.63) is 150 Å². The van der Waals surface area contributed by atoms with Crippen molar-refractivity contribution >= 4 is 74.7 Å². The van der Waals surface area contributed by atoms with Gasteiger partial charge in [-0.1, -0.05) is 54.1 Å². The van der Waals surface area contributed by atoms with Gasteiger partial charge in [-0.2, -0.15) is 13.2 Å². The van der Waals surface area contributed by atoms with Gasteiger partial charge in [0.1, 0.15) is 11.2 Å². The van der Waals surface area contributed by atoms with E-state index in [2.05, 4.69) is 24.6 Å². The molecule has 0 radical (unpaired) electrons. The first-order chi connectivity index (χ1) is 35.8. The molecule has 0 saturated carbocycles. The summed E-state index contributed by atoms with van der Waals surface area (Å²) < 4.78 is 94.3. The summed E-state index contributed by atoms with van der Waals surface area (Å²) >= 11 is 7.76. The van der Waals surface area contributed by atoms with E-state index < -0.39 is 39.8 Å². The third-order valence-corrected chi connectivity index (χ3v) is 19.3. The molecule has 2 saturated heterocycles. The molecule has 3 N–H and O–H groups in total. The monoisotopic (exact) mass is 1100 g/mol. The molecule has 3 aliphatic heterocycles. The Morgan fingerprint density at radius 1 is 0.840 bits per heavy atom. The maximum absolute atomic E-state index is 14.9. The van der Waals surface area contributed by atoms with Crippen LogP contribution in [-0.2, 0) is 18.9 Å². The van der Waals surface area contributed by atoms with Gasteiger partial charge in [0.2, 0.25) is 0 Å². The molecule has 0 spiro atoms. The van der Waals surface area contributed by atoms with E-state index in [0.29, 0.717) is 92.8 Å². The van der Waals surface area contributed by atoms with Crippen LogP contribution in [0.1, 0.15) is 55.2 Å². The third-order valence-electron chi connectivity index (χ3n) is 14.0. The summed E-state index contributed by atoms with van der Waals surface area (Å²) in [4.78, 5) is 19.5. The maximum atomic E-state index is 14.9. The van der Waals surface area contributed by atoms with Crippen molar-refractivity contribution in [3.63, 3.8) is 0 Å². The van der Waals surface area contributed by atoms with E-state index in [-0.39, 0.29) is 28.7 Å². The number of aliphatic hydroxyl groups excluding tert-OH is 1. The molecule has 2 unspecified atom stereocenters. The number of thioether (sulfide) groups is 1. The Kier molecular flexibility index (Phi) is 16.1. The second-order valence-electron chi connectivity index (χ2n) is 19.2. The number of aromatic nitrogens is 1. The summed E-state index contributed by atoms with van der Waals surface area (Å²) in [6, 6.07) is 35.0. The van der Waals surface area contributed by atoms with Crippen molar-refractivity contribution < 1.29 is 45.7 Å². The molecule has 4 heterocycles. The van der Waals surface area contributed by atoms with Gasteiger partial charge in [-0.3, -0.25) is 4.67 Å². The molecule has 9 rings (SSSR count). The summed E-state index contributed by atoms with van der Waals surface area (Å²) in [5.74, 6) is -0.600. The van der Waals surface area contributed by atoms with Gasteiger partial charge in [0.15, 0.2) is 0 Å². The highest BCUT2D eigenvalue weighted by molar-refractivity contribution is 7.99. The molecule has 0 aliphatic carbocycles. The smallest absolute Gasteiger partial charge is 0.478 e. The highest BCUT2D eigenvalue weighted by atomic mass is 35.5. The average Bonchev–Trinajstić information content (AvgIpc) is 3.96. The van der Waals surface area contributed by atoms with Crippen molar-refractivity contribution in [1.82, 2.24) is 9.47 Å². The normalized spacial score (nSPS) is 18.2. The number of piperazine rings is 1. The predicted molar refractivity (Wildman–Crippen MR) is 294 cm³/mol. The number of likely N-dealkylation sites (tertiary alicyclic amines) is 1. The first kappa shape index (κ1) is 53.9. The zero-order valence-corrected chi connectivity index (χ0v) is 44.9. The number of carboxylic acid groups (broad SMARTS) is 1. The van der Waals surface area contributed by atoms with Crippen molar-refractivity contribution in [1.29, 1.82) is 0 Å². The van der Waals surface area contributed by atoms with Crippen LogP contribution >= 0.6 is 30.9 Å². The Labute approximate surface area is 445 Å². The number of sulfone groups is 1. The fourth-order valence-electron chi connectivity index (χ4n) is 10.2. The number of alkyl halides is 3. The number of hydrogen-bond donors (Lipinski definition) is 3. The lowest BCUT2D eigenvalue weighted by molar-refractivity contribution is -0.0435. The molecule has 1 aromatic heterocycles. The highest BCUT2D eigenvalue weighted by Gasteiger charge is 2.49. The van der Waals surface area contributed by atoms with E-state index in [1.165, 1.54) is 41.0 Å². The summed E-state index contributed by atoms with van der Waals surface area (Å²) in [5.41, 5.74) is 0.297. The van der Waals surface area contributed by atoms with Crippen molar-refractivity contribution in [2.45, 2.75) is 73.5 Å². The lowest BCUT2D eigenvalue weighted by Crippen LogP contribution is -2.46. The van der Waals surface area contributed by atoms with E-state index in [0.717, 1.165) is 39.2 Å². The summed E-state index contributed by atoms with van der Waals surface area (Å²) in [6.45, 7) is 10.4. The van der Waals surface area contributed by atoms with E-state index in [1.807, 2.05) is 99.6 Å². The molecular weight excluding hydrogens is 1040 g/mol. The van der Waals surface area contributed by atoms with Crippen LogP contribution in [0.3, 0.4) is 0 Å². The molecular formula is C55H59ClF3N6O7PS2. The summed E-state index contributed by atoms with van der Waals surface area (Å²) in [6.07, 6.45) is 3.93. The molecule has 20 heteroatoms. The summed E-state index contributed by atoms with van der Waals surface area (Å²) in [7, 11) is -10.2. The van der Waals surface area contributed by atoms with Gasteiger partial charge < -0.3 is 39.3 Å². The number of carboxylic acids is 1. The number of aromatic carboxylic acids is 1. The Hall–Kier alpha value is -5.88. The van der Waals surface area contributed by atoms with Crippen LogP contribution in [-0.4, -0.2) is 103 Å². The molecule has 396 valence electrons. The van der Waals surface area contributed by atoms with E-state index >= 15 is 0 Å². The molecule has 3 aliphatic rings. The Morgan fingerprint density at radius 3 is 2.13 bits per heavy atom. The van der Waals surface area contributed by atoms with Gasteiger partial charge in [-0.15, -0.1) is 11.8 Å². The highest BCUT2D eigenvalue weighted by Crippen LogP contribution is 2.57. The minimum atomic E-state index is -5.96. The van der Waals surface area contributed by atoms with Crippen LogP contribution in [0.15, 0.2) is 144 Å². The lowest BCUT2D eigenvalue weighted by Gasteiger charge is -2.37. The Balaban J connectivity index is 0.924. The van der Waals surface area contributed by atoms with Crippen molar-refractivity contribution in [3.8, 4) is 22.4 Å². The fourth-order valence-corrected chi connectivity index (χ4v) is 14.2. The van der Waals surface area contributed by atoms with Crippen molar-refractivity contribution in [2.24, 2.45) is 0 Å². The number of hydrogen-bond acceptors (Lipinski definition) is 11. The molecule has 2 atom stereocenters. The second-order valence-corrected chi connectivity index (χ2v) is 24.9. The maximum Gasteiger partial charge on any atom is 0.501 e. The molecule has 13 nitrogen and oxygen atoms in total. The van der Waals surface area contributed by atoms with Crippen LogP contribution in [0.4, 0.5) is 35.9 Å². The van der Waals surface area contributed by atoms with Crippen LogP contribution < -0.4 is 25.1 Å². The molecule has 0 amide bonds. The van der Waals surface area contributed by atoms with Crippen LogP contribution in [0.5, 0.6) is 0 Å². The third kappa shape index (κ3) is 11.5. The van der Waals surface area contributed by atoms with E-state index in [9.17, 15) is 41.2 Å².